The van der Waals surface area contributed by atoms with Gasteiger partial charge in [0.25, 0.3) is 0 Å². The minimum Gasteiger partial charge on any atom is -0.479 e. The molecule has 2 aromatic rings. The van der Waals surface area contributed by atoms with Crippen LogP contribution in [0.3, 0.4) is 0 Å². The number of anilines is 1. The summed E-state index contributed by atoms with van der Waals surface area (Å²) in [4.78, 5) is 11.3. The highest BCUT2D eigenvalue weighted by atomic mass is 35.5. The van der Waals surface area contributed by atoms with Crippen molar-refractivity contribution in [1.82, 2.24) is 0 Å². The van der Waals surface area contributed by atoms with E-state index in [-0.39, 0.29) is 0 Å². The van der Waals surface area contributed by atoms with Gasteiger partial charge >= 0.3 is 5.97 Å². The van der Waals surface area contributed by atoms with Crippen LogP contribution in [0.5, 0.6) is 0 Å². The van der Waals surface area contributed by atoms with Gasteiger partial charge in [-0.3, -0.25) is 0 Å². The van der Waals surface area contributed by atoms with Gasteiger partial charge in [-0.1, -0.05) is 17.7 Å². The summed E-state index contributed by atoms with van der Waals surface area (Å²) in [5.74, 6) is -5.32. The normalized spacial score (nSPS) is 12.0. The van der Waals surface area contributed by atoms with Crippen LogP contribution in [0.4, 0.5) is 18.9 Å². The number of carboxylic acids is 1. The lowest BCUT2D eigenvalue weighted by atomic mass is 10.1. The highest BCUT2D eigenvalue weighted by Gasteiger charge is 2.25. The Balaban J connectivity index is 2.40. The Hall–Kier alpha value is -2.21. The Bertz CT molecular complexity index is 694. The molecule has 21 heavy (non-hydrogen) atoms. The van der Waals surface area contributed by atoms with E-state index in [9.17, 15) is 18.0 Å². The number of halogens is 4. The van der Waals surface area contributed by atoms with Gasteiger partial charge in [0.05, 0.1) is 0 Å². The second-order valence-corrected chi connectivity index (χ2v) is 4.65. The van der Waals surface area contributed by atoms with Crippen molar-refractivity contribution in [2.24, 2.45) is 0 Å². The van der Waals surface area contributed by atoms with E-state index in [1.807, 2.05) is 0 Å². The average molecular weight is 316 g/mol. The molecule has 0 aliphatic carbocycles. The van der Waals surface area contributed by atoms with Crippen LogP contribution in [0, 0.1) is 17.5 Å². The quantitative estimate of drug-likeness (QED) is 0.839. The molecule has 0 radical (unpaired) electrons. The van der Waals surface area contributed by atoms with E-state index < -0.39 is 35.0 Å². The van der Waals surface area contributed by atoms with Gasteiger partial charge in [-0.25, -0.2) is 18.0 Å². The zero-order valence-corrected chi connectivity index (χ0v) is 11.2. The molecule has 3 nitrogen and oxygen atoms in total. The number of carboxylic acid groups (broad SMARTS) is 1. The van der Waals surface area contributed by atoms with Crippen LogP contribution in [0.2, 0.25) is 5.02 Å². The molecule has 0 saturated carbocycles. The fourth-order valence-electron chi connectivity index (χ4n) is 1.78. The Labute approximate surface area is 123 Å². The molecular weight excluding hydrogens is 307 g/mol. The number of hydrogen-bond acceptors (Lipinski definition) is 2. The van der Waals surface area contributed by atoms with Gasteiger partial charge in [0.1, 0.15) is 5.82 Å². The van der Waals surface area contributed by atoms with E-state index in [0.29, 0.717) is 22.8 Å². The van der Waals surface area contributed by atoms with Crippen LogP contribution in [0.15, 0.2) is 36.4 Å². The minimum atomic E-state index is -1.58. The van der Waals surface area contributed by atoms with Gasteiger partial charge in [-0.2, -0.15) is 0 Å². The summed E-state index contributed by atoms with van der Waals surface area (Å²) in [6, 6.07) is 5.31. The summed E-state index contributed by atoms with van der Waals surface area (Å²) >= 11 is 5.76. The number of hydrogen-bond donors (Lipinski definition) is 2. The van der Waals surface area contributed by atoms with Crippen molar-refractivity contribution in [3.8, 4) is 0 Å². The highest BCUT2D eigenvalue weighted by Crippen LogP contribution is 2.26. The lowest BCUT2D eigenvalue weighted by Gasteiger charge is -2.17. The maximum absolute atomic E-state index is 13.7. The van der Waals surface area contributed by atoms with Crippen molar-refractivity contribution in [2.75, 3.05) is 5.32 Å². The molecular formula is C14H9ClF3NO2. The van der Waals surface area contributed by atoms with E-state index in [4.69, 9.17) is 16.7 Å². The SMILES string of the molecule is O=C(O)C(Nc1cccc(Cl)c1)c1cc(F)c(F)cc1F. The van der Waals surface area contributed by atoms with Gasteiger partial charge in [0, 0.05) is 22.3 Å². The number of benzene rings is 2. The maximum atomic E-state index is 13.7. The Kier molecular flexibility index (Phi) is 4.37. The highest BCUT2D eigenvalue weighted by molar-refractivity contribution is 6.30. The standard InChI is InChI=1S/C14H9ClF3NO2/c15-7-2-1-3-8(4-7)19-13(14(20)21)9-5-11(17)12(18)6-10(9)16/h1-6,13,19H,(H,20,21). The first-order chi connectivity index (χ1) is 9.88. The fourth-order valence-corrected chi connectivity index (χ4v) is 1.97. The van der Waals surface area contributed by atoms with Gasteiger partial charge in [0.15, 0.2) is 17.7 Å². The van der Waals surface area contributed by atoms with Crippen LogP contribution in [-0.4, -0.2) is 11.1 Å². The van der Waals surface area contributed by atoms with Crippen LogP contribution in [0.1, 0.15) is 11.6 Å². The zero-order valence-electron chi connectivity index (χ0n) is 10.4. The monoisotopic (exact) mass is 315 g/mol. The van der Waals surface area contributed by atoms with E-state index in [0.717, 1.165) is 0 Å². The van der Waals surface area contributed by atoms with Gasteiger partial charge in [-0.15, -0.1) is 0 Å². The van der Waals surface area contributed by atoms with Crippen molar-refractivity contribution < 1.29 is 23.1 Å². The predicted octanol–water partition coefficient (Wildman–Crippen LogP) is 4.00. The molecule has 2 aromatic carbocycles. The van der Waals surface area contributed by atoms with E-state index in [2.05, 4.69) is 5.32 Å². The maximum Gasteiger partial charge on any atom is 0.330 e. The van der Waals surface area contributed by atoms with Crippen LogP contribution >= 0.6 is 11.6 Å². The first-order valence-electron chi connectivity index (χ1n) is 5.78. The summed E-state index contributed by atoms with van der Waals surface area (Å²) < 4.78 is 39.8. The van der Waals surface area contributed by atoms with Gasteiger partial charge in [0.2, 0.25) is 0 Å². The smallest absolute Gasteiger partial charge is 0.330 e. The van der Waals surface area contributed by atoms with Crippen LogP contribution in [-0.2, 0) is 4.79 Å². The van der Waals surface area contributed by atoms with Crippen molar-refractivity contribution in [3.05, 3.63) is 64.4 Å². The number of carbonyl (C=O) groups is 1. The lowest BCUT2D eigenvalue weighted by Crippen LogP contribution is -2.22. The molecule has 0 aromatic heterocycles. The molecule has 2 N–H and O–H groups in total. The summed E-state index contributed by atoms with van der Waals surface area (Å²) in [7, 11) is 0. The molecule has 0 fully saturated rings. The molecule has 7 heteroatoms. The lowest BCUT2D eigenvalue weighted by molar-refractivity contribution is -0.138. The van der Waals surface area contributed by atoms with Gasteiger partial charge < -0.3 is 10.4 Å². The number of rotatable bonds is 4. The molecule has 1 unspecified atom stereocenters. The Morgan fingerprint density at radius 2 is 1.76 bits per heavy atom. The van der Waals surface area contributed by atoms with Crippen LogP contribution in [0.25, 0.3) is 0 Å². The third-order valence-electron chi connectivity index (χ3n) is 2.73. The first kappa shape index (κ1) is 15.2. The fraction of sp³-hybridized carbons (Fsp3) is 0.0714. The second-order valence-electron chi connectivity index (χ2n) is 4.21. The molecule has 0 aliphatic heterocycles. The second kappa shape index (κ2) is 6.05. The molecule has 110 valence electrons. The van der Waals surface area contributed by atoms with E-state index >= 15 is 0 Å². The predicted molar refractivity (Wildman–Crippen MR) is 71.8 cm³/mol. The molecule has 2 rings (SSSR count). The largest absolute Gasteiger partial charge is 0.479 e. The Morgan fingerprint density at radius 3 is 2.38 bits per heavy atom. The zero-order chi connectivity index (χ0) is 15.6. The molecule has 0 amide bonds. The molecule has 0 heterocycles. The molecule has 0 spiro atoms. The summed E-state index contributed by atoms with van der Waals surface area (Å²) in [5, 5.41) is 12.0. The molecule has 0 saturated heterocycles. The van der Waals surface area contributed by atoms with Crippen molar-refractivity contribution in [3.63, 3.8) is 0 Å². The number of aliphatic carboxylic acids is 1. The third kappa shape index (κ3) is 3.46. The summed E-state index contributed by atoms with van der Waals surface area (Å²) in [6.45, 7) is 0. The third-order valence-corrected chi connectivity index (χ3v) is 2.97. The Morgan fingerprint density at radius 1 is 1.10 bits per heavy atom. The van der Waals surface area contributed by atoms with Crippen LogP contribution < -0.4 is 5.32 Å². The summed E-state index contributed by atoms with van der Waals surface area (Å²) in [5.41, 5.74) is -0.208. The van der Waals surface area contributed by atoms with Crippen molar-refractivity contribution >= 4 is 23.3 Å². The summed E-state index contributed by atoms with van der Waals surface area (Å²) in [6.07, 6.45) is 0. The van der Waals surface area contributed by atoms with Crippen molar-refractivity contribution in [2.45, 2.75) is 6.04 Å². The number of nitrogens with one attached hydrogen (secondary N) is 1. The average Bonchev–Trinajstić information content (AvgIpc) is 2.40. The van der Waals surface area contributed by atoms with E-state index in [1.54, 1.807) is 12.1 Å². The first-order valence-corrected chi connectivity index (χ1v) is 6.15. The molecule has 0 bridgehead atoms. The topological polar surface area (TPSA) is 49.3 Å². The minimum absolute atomic E-state index is 0.305. The van der Waals surface area contributed by atoms with Gasteiger partial charge in [-0.05, 0) is 24.3 Å². The van der Waals surface area contributed by atoms with E-state index in [1.165, 1.54) is 12.1 Å². The molecule has 0 aliphatic rings. The molecule has 1 atom stereocenters. The van der Waals surface area contributed by atoms with Crippen molar-refractivity contribution in [1.29, 1.82) is 0 Å².